The number of hydrogen-bond acceptors (Lipinski definition) is 4. The maximum Gasteiger partial charge on any atom is 0.258 e. The van der Waals surface area contributed by atoms with Crippen molar-refractivity contribution < 1.29 is 4.79 Å². The first-order valence-electron chi connectivity index (χ1n) is 6.15. The Hall–Kier alpha value is -1.79. The van der Waals surface area contributed by atoms with Crippen LogP contribution in [0.4, 0.5) is 5.69 Å². The van der Waals surface area contributed by atoms with Gasteiger partial charge in [0.25, 0.3) is 5.91 Å². The number of carbonyl (C=O) groups excluding carboxylic acids is 1. The molecule has 4 nitrogen and oxygen atoms in total. The second-order valence-electron chi connectivity index (χ2n) is 4.37. The molecule has 1 aliphatic heterocycles. The van der Waals surface area contributed by atoms with E-state index in [0.29, 0.717) is 12.1 Å². The monoisotopic (exact) mass is 303 g/mol. The lowest BCUT2D eigenvalue weighted by molar-refractivity contribution is 0.0988. The largest absolute Gasteiger partial charge is 0.383 e. The Labute approximate surface area is 125 Å². The topological polar surface area (TPSA) is 70.2 Å². The first-order chi connectivity index (χ1) is 9.66. The van der Waals surface area contributed by atoms with E-state index >= 15 is 0 Å². The van der Waals surface area contributed by atoms with Crippen LogP contribution in [0.5, 0.6) is 0 Å². The summed E-state index contributed by atoms with van der Waals surface area (Å²) in [5.41, 5.74) is 7.10. The number of thiophene rings is 1. The van der Waals surface area contributed by atoms with Crippen molar-refractivity contribution in [3.8, 4) is 0 Å². The molecule has 0 spiro atoms. The third-order valence-corrected chi connectivity index (χ3v) is 5.46. The summed E-state index contributed by atoms with van der Waals surface area (Å²) in [6.45, 7) is 0.680. The van der Waals surface area contributed by atoms with E-state index in [2.05, 4.69) is 0 Å². The highest BCUT2D eigenvalue weighted by molar-refractivity contribution is 8.01. The third kappa shape index (κ3) is 2.32. The molecule has 0 radical (unpaired) electrons. The maximum absolute atomic E-state index is 12.6. The van der Waals surface area contributed by atoms with Crippen LogP contribution in [0.1, 0.15) is 15.2 Å². The minimum absolute atomic E-state index is 0.0000482. The molecular weight excluding hydrogens is 290 g/mol. The normalized spacial score (nSPS) is 13.9. The second-order valence-corrected chi connectivity index (χ2v) is 6.78. The summed E-state index contributed by atoms with van der Waals surface area (Å²) < 4.78 is 1.06. The smallest absolute Gasteiger partial charge is 0.258 e. The van der Waals surface area contributed by atoms with Crippen molar-refractivity contribution in [1.82, 2.24) is 0 Å². The minimum Gasteiger partial charge on any atom is -0.383 e. The molecule has 20 heavy (non-hydrogen) atoms. The van der Waals surface area contributed by atoms with Crippen LogP contribution in [-0.4, -0.2) is 24.0 Å². The molecule has 3 N–H and O–H groups in total. The Morgan fingerprint density at radius 2 is 2.05 bits per heavy atom. The highest BCUT2D eigenvalue weighted by Crippen LogP contribution is 2.41. The predicted molar refractivity (Wildman–Crippen MR) is 84.2 cm³/mol. The molecule has 102 valence electrons. The first-order valence-corrected chi connectivity index (χ1v) is 7.95. The third-order valence-electron chi connectivity index (χ3n) is 3.05. The van der Waals surface area contributed by atoms with E-state index in [9.17, 15) is 4.79 Å². The van der Waals surface area contributed by atoms with E-state index in [-0.39, 0.29) is 11.7 Å². The lowest BCUT2D eigenvalue weighted by atomic mass is 10.2. The first kappa shape index (κ1) is 13.2. The maximum atomic E-state index is 12.6. The van der Waals surface area contributed by atoms with Crippen LogP contribution >= 0.6 is 23.1 Å². The summed E-state index contributed by atoms with van der Waals surface area (Å²) in [5.74, 6) is 0.917. The number of benzene rings is 1. The number of thioether (sulfide) groups is 1. The Kier molecular flexibility index (Phi) is 3.50. The molecule has 0 aliphatic carbocycles. The van der Waals surface area contributed by atoms with Crippen molar-refractivity contribution in [2.75, 3.05) is 17.2 Å². The summed E-state index contributed by atoms with van der Waals surface area (Å²) in [7, 11) is 0. The molecule has 0 bridgehead atoms. The molecule has 0 atom stereocenters. The van der Waals surface area contributed by atoms with Gasteiger partial charge < -0.3 is 10.6 Å². The summed E-state index contributed by atoms with van der Waals surface area (Å²) in [6.07, 6.45) is 0. The van der Waals surface area contributed by atoms with Crippen LogP contribution in [0.25, 0.3) is 0 Å². The zero-order chi connectivity index (χ0) is 14.1. The van der Waals surface area contributed by atoms with Crippen LogP contribution in [0, 0.1) is 5.41 Å². The summed E-state index contributed by atoms with van der Waals surface area (Å²) in [4.78, 5) is 15.1. The van der Waals surface area contributed by atoms with Crippen LogP contribution in [-0.2, 0) is 0 Å². The van der Waals surface area contributed by atoms with E-state index in [1.165, 1.54) is 11.3 Å². The fraction of sp³-hybridized carbons (Fsp3) is 0.143. The molecular formula is C14H13N3OS2. The molecule has 3 rings (SSSR count). The molecule has 0 saturated carbocycles. The molecule has 0 saturated heterocycles. The van der Waals surface area contributed by atoms with Crippen molar-refractivity contribution in [3.05, 3.63) is 46.8 Å². The lowest BCUT2D eigenvalue weighted by Gasteiger charge is -2.26. The van der Waals surface area contributed by atoms with Crippen molar-refractivity contribution in [2.45, 2.75) is 4.21 Å². The summed E-state index contributed by atoms with van der Waals surface area (Å²) >= 11 is 3.20. The number of anilines is 1. The number of nitrogens with zero attached hydrogens (tertiary/aromatic N) is 1. The average molecular weight is 303 g/mol. The van der Waals surface area contributed by atoms with Crippen LogP contribution in [0.2, 0.25) is 0 Å². The molecule has 0 unspecified atom stereocenters. The van der Waals surface area contributed by atoms with E-state index in [0.717, 1.165) is 20.5 Å². The van der Waals surface area contributed by atoms with Gasteiger partial charge in [-0.05, 0) is 18.2 Å². The van der Waals surface area contributed by atoms with Gasteiger partial charge in [-0.2, -0.15) is 0 Å². The highest BCUT2D eigenvalue weighted by Gasteiger charge is 2.26. The summed E-state index contributed by atoms with van der Waals surface area (Å²) in [6, 6.07) is 11.1. The minimum atomic E-state index is 0.0000482. The van der Waals surface area contributed by atoms with Crippen molar-refractivity contribution in [2.24, 2.45) is 5.73 Å². The van der Waals surface area contributed by atoms with Gasteiger partial charge in [-0.1, -0.05) is 18.2 Å². The van der Waals surface area contributed by atoms with E-state index in [1.54, 1.807) is 16.7 Å². The van der Waals surface area contributed by atoms with Crippen molar-refractivity contribution in [3.63, 3.8) is 0 Å². The fourth-order valence-corrected chi connectivity index (χ4v) is 4.37. The van der Waals surface area contributed by atoms with Gasteiger partial charge in [0.1, 0.15) is 5.84 Å². The van der Waals surface area contributed by atoms with Crippen LogP contribution < -0.4 is 10.6 Å². The quantitative estimate of drug-likeness (QED) is 0.662. The highest BCUT2D eigenvalue weighted by atomic mass is 32.2. The van der Waals surface area contributed by atoms with E-state index in [4.69, 9.17) is 11.1 Å². The zero-order valence-electron chi connectivity index (χ0n) is 10.6. The van der Waals surface area contributed by atoms with Gasteiger partial charge in [0.05, 0.1) is 14.8 Å². The Balaban J connectivity index is 1.97. The van der Waals surface area contributed by atoms with Gasteiger partial charge in [-0.15, -0.1) is 23.1 Å². The molecule has 2 aromatic rings. The van der Waals surface area contributed by atoms with Gasteiger partial charge in [0.2, 0.25) is 0 Å². The average Bonchev–Trinajstić information content (AvgIpc) is 2.91. The SMILES string of the molecule is N=C(N)c1cc2c(s1)SCCN2C(=O)c1ccccc1. The Morgan fingerprint density at radius 3 is 2.75 bits per heavy atom. The zero-order valence-corrected chi connectivity index (χ0v) is 12.3. The predicted octanol–water partition coefficient (Wildman–Crippen LogP) is 2.78. The fourth-order valence-electron chi connectivity index (χ4n) is 2.09. The number of nitrogen functional groups attached to an aromatic ring is 1. The standard InChI is InChI=1S/C14H13N3OS2/c15-12(16)11-8-10-14(20-11)19-7-6-17(10)13(18)9-4-2-1-3-5-9/h1-5,8H,6-7H2,(H3,15,16). The van der Waals surface area contributed by atoms with E-state index in [1.807, 2.05) is 36.4 Å². The number of rotatable bonds is 2. The van der Waals surface area contributed by atoms with Crippen molar-refractivity contribution in [1.29, 1.82) is 5.41 Å². The van der Waals surface area contributed by atoms with E-state index < -0.39 is 0 Å². The van der Waals surface area contributed by atoms with Gasteiger partial charge in [-0.3, -0.25) is 10.2 Å². The molecule has 0 fully saturated rings. The lowest BCUT2D eigenvalue weighted by Crippen LogP contribution is -2.34. The molecule has 1 aromatic carbocycles. The number of carbonyl (C=O) groups is 1. The van der Waals surface area contributed by atoms with Gasteiger partial charge in [0, 0.05) is 17.9 Å². The van der Waals surface area contributed by atoms with Gasteiger partial charge in [-0.25, -0.2) is 0 Å². The van der Waals surface area contributed by atoms with Crippen LogP contribution in [0.15, 0.2) is 40.6 Å². The number of amidine groups is 1. The molecule has 1 amide bonds. The van der Waals surface area contributed by atoms with Gasteiger partial charge >= 0.3 is 0 Å². The molecule has 1 aromatic heterocycles. The molecule has 6 heteroatoms. The number of amides is 1. The number of nitrogens with two attached hydrogens (primary N) is 1. The number of fused-ring (bicyclic) bond motifs is 1. The van der Waals surface area contributed by atoms with Crippen LogP contribution in [0.3, 0.4) is 0 Å². The molecule has 2 heterocycles. The number of hydrogen-bond donors (Lipinski definition) is 2. The molecule has 1 aliphatic rings. The Bertz CT molecular complexity index is 666. The Morgan fingerprint density at radius 1 is 1.30 bits per heavy atom. The second kappa shape index (κ2) is 5.30. The summed E-state index contributed by atoms with van der Waals surface area (Å²) in [5, 5.41) is 7.53. The van der Waals surface area contributed by atoms with Gasteiger partial charge in [0.15, 0.2) is 0 Å². The number of nitrogens with one attached hydrogen (secondary N) is 1. The van der Waals surface area contributed by atoms with Crippen molar-refractivity contribution >= 4 is 40.5 Å².